The number of ether oxygens (including phenoxy) is 2. The standard InChI is InChI=1S/C13H15BrO5/c1-13(2,3)19-11(15)6-5-9-8(12(16)17-4)7-10(14)18-9/h5-7H,1-4H3/b6-5+. The lowest BCUT2D eigenvalue weighted by molar-refractivity contribution is -0.148. The molecule has 0 aliphatic heterocycles. The summed E-state index contributed by atoms with van der Waals surface area (Å²) in [4.78, 5) is 23.0. The molecule has 0 radical (unpaired) electrons. The summed E-state index contributed by atoms with van der Waals surface area (Å²) in [5.41, 5.74) is -0.342. The van der Waals surface area contributed by atoms with Gasteiger partial charge in [0.2, 0.25) is 0 Å². The molecule has 1 aromatic heterocycles. The van der Waals surface area contributed by atoms with E-state index in [1.165, 1.54) is 25.3 Å². The van der Waals surface area contributed by atoms with E-state index in [-0.39, 0.29) is 11.3 Å². The quantitative estimate of drug-likeness (QED) is 0.629. The third-order valence-electron chi connectivity index (χ3n) is 1.91. The lowest BCUT2D eigenvalue weighted by atomic mass is 10.2. The van der Waals surface area contributed by atoms with E-state index < -0.39 is 17.5 Å². The van der Waals surface area contributed by atoms with Crippen LogP contribution in [0.4, 0.5) is 0 Å². The van der Waals surface area contributed by atoms with Gasteiger partial charge in [-0.05, 0) is 42.8 Å². The minimum Gasteiger partial charge on any atom is -0.465 e. The zero-order valence-electron chi connectivity index (χ0n) is 11.2. The fourth-order valence-corrected chi connectivity index (χ4v) is 1.65. The number of halogens is 1. The van der Waals surface area contributed by atoms with Crippen molar-refractivity contribution in [1.82, 2.24) is 0 Å². The van der Waals surface area contributed by atoms with Crippen molar-refractivity contribution in [2.75, 3.05) is 7.11 Å². The minimum atomic E-state index is -0.573. The molecule has 0 N–H and O–H groups in total. The fraction of sp³-hybridized carbons (Fsp3) is 0.385. The van der Waals surface area contributed by atoms with Crippen LogP contribution >= 0.6 is 15.9 Å². The van der Waals surface area contributed by atoms with Gasteiger partial charge in [-0.2, -0.15) is 0 Å². The summed E-state index contributed by atoms with van der Waals surface area (Å²) in [7, 11) is 1.27. The highest BCUT2D eigenvalue weighted by Gasteiger charge is 2.17. The van der Waals surface area contributed by atoms with Gasteiger partial charge in [0.1, 0.15) is 16.9 Å². The second-order valence-corrected chi connectivity index (χ2v) is 5.47. The summed E-state index contributed by atoms with van der Waals surface area (Å²) in [6.45, 7) is 5.30. The molecular weight excluding hydrogens is 316 g/mol. The number of rotatable bonds is 3. The van der Waals surface area contributed by atoms with Crippen LogP contribution in [0.25, 0.3) is 6.08 Å². The van der Waals surface area contributed by atoms with Crippen LogP contribution in [0.15, 0.2) is 21.2 Å². The highest BCUT2D eigenvalue weighted by atomic mass is 79.9. The van der Waals surface area contributed by atoms with E-state index in [1.807, 2.05) is 0 Å². The predicted molar refractivity (Wildman–Crippen MR) is 72.6 cm³/mol. The molecule has 0 saturated heterocycles. The number of esters is 2. The van der Waals surface area contributed by atoms with Gasteiger partial charge >= 0.3 is 11.9 Å². The van der Waals surface area contributed by atoms with Gasteiger partial charge in [-0.3, -0.25) is 0 Å². The summed E-state index contributed by atoms with van der Waals surface area (Å²) in [6.07, 6.45) is 2.56. The second kappa shape index (κ2) is 6.06. The Bertz CT molecular complexity index is 508. The molecule has 0 atom stereocenters. The van der Waals surface area contributed by atoms with Crippen molar-refractivity contribution >= 4 is 33.9 Å². The van der Waals surface area contributed by atoms with E-state index in [0.717, 1.165) is 0 Å². The molecule has 0 amide bonds. The molecule has 0 spiro atoms. The highest BCUT2D eigenvalue weighted by molar-refractivity contribution is 9.10. The predicted octanol–water partition coefficient (Wildman–Crippen LogP) is 3.18. The Hall–Kier alpha value is -1.56. The molecule has 19 heavy (non-hydrogen) atoms. The normalized spacial score (nSPS) is 11.6. The van der Waals surface area contributed by atoms with Crippen LogP contribution in [-0.4, -0.2) is 24.6 Å². The van der Waals surface area contributed by atoms with E-state index in [4.69, 9.17) is 9.15 Å². The van der Waals surface area contributed by atoms with Crippen LogP contribution in [-0.2, 0) is 14.3 Å². The zero-order valence-corrected chi connectivity index (χ0v) is 12.7. The van der Waals surface area contributed by atoms with Crippen LogP contribution in [0.5, 0.6) is 0 Å². The van der Waals surface area contributed by atoms with Crippen LogP contribution < -0.4 is 0 Å². The largest absolute Gasteiger partial charge is 0.465 e. The van der Waals surface area contributed by atoms with Crippen molar-refractivity contribution in [2.24, 2.45) is 0 Å². The van der Waals surface area contributed by atoms with Crippen LogP contribution in [0.1, 0.15) is 36.9 Å². The molecule has 104 valence electrons. The van der Waals surface area contributed by atoms with Gasteiger partial charge in [-0.15, -0.1) is 0 Å². The van der Waals surface area contributed by atoms with Crippen molar-refractivity contribution in [3.8, 4) is 0 Å². The lowest BCUT2D eigenvalue weighted by Crippen LogP contribution is -2.22. The van der Waals surface area contributed by atoms with E-state index in [2.05, 4.69) is 20.7 Å². The Morgan fingerprint density at radius 1 is 1.37 bits per heavy atom. The maximum Gasteiger partial charge on any atom is 0.341 e. The van der Waals surface area contributed by atoms with Crippen LogP contribution in [0, 0.1) is 0 Å². The summed E-state index contributed by atoms with van der Waals surface area (Å²) >= 11 is 3.11. The molecule has 0 fully saturated rings. The molecule has 1 heterocycles. The van der Waals surface area contributed by atoms with Crippen LogP contribution in [0.2, 0.25) is 0 Å². The summed E-state index contributed by atoms with van der Waals surface area (Å²) in [5.74, 6) is -0.835. The summed E-state index contributed by atoms with van der Waals surface area (Å²) in [6, 6.07) is 1.47. The second-order valence-electron chi connectivity index (χ2n) is 4.69. The lowest BCUT2D eigenvalue weighted by Gasteiger charge is -2.17. The van der Waals surface area contributed by atoms with Crippen molar-refractivity contribution in [2.45, 2.75) is 26.4 Å². The van der Waals surface area contributed by atoms with Crippen molar-refractivity contribution in [3.63, 3.8) is 0 Å². The minimum absolute atomic E-state index is 0.226. The van der Waals surface area contributed by atoms with E-state index in [0.29, 0.717) is 4.67 Å². The Labute approximate surface area is 119 Å². The van der Waals surface area contributed by atoms with Gasteiger partial charge in [-0.1, -0.05) is 0 Å². The first-order valence-corrected chi connectivity index (χ1v) is 6.31. The van der Waals surface area contributed by atoms with Gasteiger partial charge in [-0.25, -0.2) is 9.59 Å². The zero-order chi connectivity index (χ0) is 14.6. The first kappa shape index (κ1) is 15.5. The van der Waals surface area contributed by atoms with Gasteiger partial charge in [0.05, 0.1) is 7.11 Å². The molecule has 1 aromatic rings. The van der Waals surface area contributed by atoms with Crippen molar-refractivity contribution < 1.29 is 23.5 Å². The van der Waals surface area contributed by atoms with Crippen LogP contribution in [0.3, 0.4) is 0 Å². The first-order chi connectivity index (χ1) is 8.73. The molecule has 0 aliphatic carbocycles. The molecular formula is C13H15BrO5. The molecule has 0 bridgehead atoms. The Kier molecular flexibility index (Phi) is 4.94. The monoisotopic (exact) mass is 330 g/mol. The van der Waals surface area contributed by atoms with Gasteiger partial charge in [0.15, 0.2) is 4.67 Å². The molecule has 0 aliphatic rings. The Morgan fingerprint density at radius 3 is 2.53 bits per heavy atom. The number of furan rings is 1. The maximum atomic E-state index is 11.5. The number of hydrogen-bond donors (Lipinski definition) is 0. The third kappa shape index (κ3) is 4.90. The first-order valence-electron chi connectivity index (χ1n) is 5.51. The molecule has 0 unspecified atom stereocenters. The van der Waals surface area contributed by atoms with E-state index in [9.17, 15) is 9.59 Å². The van der Waals surface area contributed by atoms with Gasteiger partial charge in [0.25, 0.3) is 0 Å². The average Bonchev–Trinajstić information content (AvgIpc) is 2.64. The SMILES string of the molecule is COC(=O)c1cc(Br)oc1/C=C/C(=O)OC(C)(C)C. The number of carbonyl (C=O) groups excluding carboxylic acids is 2. The Morgan fingerprint density at radius 2 is 2.00 bits per heavy atom. The fourth-order valence-electron chi connectivity index (χ4n) is 1.25. The number of hydrogen-bond acceptors (Lipinski definition) is 5. The molecule has 1 rings (SSSR count). The average molecular weight is 331 g/mol. The van der Waals surface area contributed by atoms with E-state index in [1.54, 1.807) is 20.8 Å². The third-order valence-corrected chi connectivity index (χ3v) is 2.30. The van der Waals surface area contributed by atoms with Crippen molar-refractivity contribution in [3.05, 3.63) is 28.1 Å². The molecule has 0 aromatic carbocycles. The topological polar surface area (TPSA) is 65.7 Å². The summed E-state index contributed by atoms with van der Waals surface area (Å²) < 4.78 is 15.3. The smallest absolute Gasteiger partial charge is 0.341 e. The summed E-state index contributed by atoms with van der Waals surface area (Å²) in [5, 5.41) is 0. The number of carbonyl (C=O) groups is 2. The van der Waals surface area contributed by atoms with Gasteiger partial charge < -0.3 is 13.9 Å². The molecule has 6 heteroatoms. The number of methoxy groups -OCH3 is 1. The van der Waals surface area contributed by atoms with E-state index >= 15 is 0 Å². The molecule has 5 nitrogen and oxygen atoms in total. The maximum absolute atomic E-state index is 11.5. The molecule has 0 saturated carbocycles. The highest BCUT2D eigenvalue weighted by Crippen LogP contribution is 2.22. The van der Waals surface area contributed by atoms with Crippen molar-refractivity contribution in [1.29, 1.82) is 0 Å². The Balaban J connectivity index is 2.88. The van der Waals surface area contributed by atoms with Gasteiger partial charge in [0, 0.05) is 12.1 Å².